The number of carbonyl (C=O) groups is 1. The van der Waals surface area contributed by atoms with Crippen LogP contribution in [0.15, 0.2) is 18.2 Å². The molecule has 2 atom stereocenters. The summed E-state index contributed by atoms with van der Waals surface area (Å²) in [4.78, 5) is 12.0. The van der Waals surface area contributed by atoms with Crippen molar-refractivity contribution in [3.05, 3.63) is 35.4 Å². The molecule has 0 bridgehead atoms. The van der Waals surface area contributed by atoms with Crippen LogP contribution in [-0.2, 0) is 0 Å². The molecule has 0 aliphatic heterocycles. The topological polar surface area (TPSA) is 49.3 Å². The second-order valence-electron chi connectivity index (χ2n) is 5.35. The second kappa shape index (κ2) is 5.25. The van der Waals surface area contributed by atoms with E-state index in [0.717, 1.165) is 37.5 Å². The van der Waals surface area contributed by atoms with Crippen LogP contribution in [0.25, 0.3) is 0 Å². The van der Waals surface area contributed by atoms with Crippen molar-refractivity contribution in [2.75, 3.05) is 6.61 Å². The van der Waals surface area contributed by atoms with E-state index in [-0.39, 0.29) is 23.6 Å². The van der Waals surface area contributed by atoms with Crippen molar-refractivity contribution in [3.63, 3.8) is 0 Å². The largest absolute Gasteiger partial charge is 0.396 e. The van der Waals surface area contributed by atoms with E-state index in [2.05, 4.69) is 5.32 Å². The van der Waals surface area contributed by atoms with E-state index >= 15 is 0 Å². The number of aliphatic hydroxyl groups excluding tert-OH is 1. The lowest BCUT2D eigenvalue weighted by Gasteiger charge is -2.30. The molecule has 1 aromatic rings. The van der Waals surface area contributed by atoms with Gasteiger partial charge in [0.1, 0.15) is 11.6 Å². The third-order valence-electron chi connectivity index (χ3n) is 3.92. The molecule has 1 saturated carbocycles. The Bertz CT molecular complexity index is 492. The minimum absolute atomic E-state index is 0.0381. The summed E-state index contributed by atoms with van der Waals surface area (Å²) in [6.07, 6.45) is 2.44. The van der Waals surface area contributed by atoms with Crippen LogP contribution in [0.1, 0.15) is 36.5 Å². The Morgan fingerprint density at radius 3 is 2.95 bits per heavy atom. The minimum atomic E-state index is -0.748. The zero-order valence-corrected chi connectivity index (χ0v) is 10.7. The Balaban J connectivity index is 2.15. The number of hydrogen-bond donors (Lipinski definition) is 2. The number of benzene rings is 1. The fourth-order valence-electron chi connectivity index (χ4n) is 2.58. The van der Waals surface area contributed by atoms with Crippen molar-refractivity contribution < 1.29 is 18.7 Å². The van der Waals surface area contributed by atoms with Gasteiger partial charge in [0.15, 0.2) is 0 Å². The van der Waals surface area contributed by atoms with E-state index in [1.807, 2.05) is 6.92 Å². The van der Waals surface area contributed by atoms with E-state index in [4.69, 9.17) is 0 Å². The molecular weight excluding hydrogens is 252 g/mol. The Kier molecular flexibility index (Phi) is 3.85. The highest BCUT2D eigenvalue weighted by Gasteiger charge is 2.39. The van der Waals surface area contributed by atoms with Crippen LogP contribution in [0.2, 0.25) is 0 Å². The van der Waals surface area contributed by atoms with Crippen LogP contribution in [-0.4, -0.2) is 23.7 Å². The van der Waals surface area contributed by atoms with Gasteiger partial charge >= 0.3 is 0 Å². The summed E-state index contributed by atoms with van der Waals surface area (Å²) in [6, 6.07) is 2.58. The third-order valence-corrected chi connectivity index (χ3v) is 3.92. The number of aliphatic hydroxyl groups is 1. The van der Waals surface area contributed by atoms with Gasteiger partial charge in [-0.05, 0) is 31.0 Å². The molecule has 2 unspecified atom stereocenters. The average molecular weight is 269 g/mol. The average Bonchev–Trinajstić information content (AvgIpc) is 2.74. The van der Waals surface area contributed by atoms with E-state index in [1.165, 1.54) is 0 Å². The predicted molar refractivity (Wildman–Crippen MR) is 66.7 cm³/mol. The maximum atomic E-state index is 13.5. The van der Waals surface area contributed by atoms with Gasteiger partial charge in [0, 0.05) is 11.5 Å². The van der Waals surface area contributed by atoms with E-state index in [9.17, 15) is 18.7 Å². The molecule has 1 aromatic carbocycles. The van der Waals surface area contributed by atoms with Crippen LogP contribution in [0, 0.1) is 17.0 Å². The SMILES string of the molecule is CC1(CO)CCCC1NC(=O)c1cc(F)ccc1F. The highest BCUT2D eigenvalue weighted by Crippen LogP contribution is 2.37. The fourth-order valence-corrected chi connectivity index (χ4v) is 2.58. The number of carbonyl (C=O) groups excluding carboxylic acids is 1. The Hall–Kier alpha value is -1.49. The van der Waals surface area contributed by atoms with Crippen molar-refractivity contribution >= 4 is 5.91 Å². The summed E-state index contributed by atoms with van der Waals surface area (Å²) in [5, 5.41) is 12.1. The molecule has 19 heavy (non-hydrogen) atoms. The summed E-state index contributed by atoms with van der Waals surface area (Å²) in [6.45, 7) is 1.84. The van der Waals surface area contributed by atoms with Crippen molar-refractivity contribution in [2.45, 2.75) is 32.2 Å². The lowest BCUT2D eigenvalue weighted by atomic mass is 9.85. The van der Waals surface area contributed by atoms with Gasteiger partial charge in [-0.25, -0.2) is 8.78 Å². The predicted octanol–water partition coefficient (Wildman–Crippen LogP) is 2.25. The number of hydrogen-bond acceptors (Lipinski definition) is 2. The first kappa shape index (κ1) is 13.9. The summed E-state index contributed by atoms with van der Waals surface area (Å²) < 4.78 is 26.5. The lowest BCUT2D eigenvalue weighted by molar-refractivity contribution is 0.0826. The molecule has 104 valence electrons. The quantitative estimate of drug-likeness (QED) is 0.884. The van der Waals surface area contributed by atoms with Crippen LogP contribution in [0.3, 0.4) is 0 Å². The first-order chi connectivity index (χ1) is 8.96. The van der Waals surface area contributed by atoms with Gasteiger partial charge in [0.05, 0.1) is 12.2 Å². The molecule has 2 N–H and O–H groups in total. The van der Waals surface area contributed by atoms with Crippen molar-refractivity contribution in [1.29, 1.82) is 0 Å². The van der Waals surface area contributed by atoms with Crippen LogP contribution in [0.5, 0.6) is 0 Å². The zero-order chi connectivity index (χ0) is 14.0. The standard InChI is InChI=1S/C14H17F2NO2/c1-14(8-18)6-2-3-12(14)17-13(19)10-7-9(15)4-5-11(10)16/h4-5,7,12,18H,2-3,6,8H2,1H3,(H,17,19). The van der Waals surface area contributed by atoms with Crippen molar-refractivity contribution in [3.8, 4) is 0 Å². The molecule has 0 aromatic heterocycles. The smallest absolute Gasteiger partial charge is 0.254 e. The van der Waals surface area contributed by atoms with Gasteiger partial charge in [0.2, 0.25) is 0 Å². The molecule has 1 aliphatic rings. The van der Waals surface area contributed by atoms with Crippen molar-refractivity contribution in [2.24, 2.45) is 5.41 Å². The minimum Gasteiger partial charge on any atom is -0.396 e. The van der Waals surface area contributed by atoms with E-state index in [0.29, 0.717) is 0 Å². The normalized spacial score (nSPS) is 26.4. The highest BCUT2D eigenvalue weighted by atomic mass is 19.1. The third kappa shape index (κ3) is 2.76. The Morgan fingerprint density at radius 1 is 1.53 bits per heavy atom. The lowest BCUT2D eigenvalue weighted by Crippen LogP contribution is -2.45. The number of rotatable bonds is 3. The summed E-state index contributed by atoms with van der Waals surface area (Å²) in [5.41, 5.74) is -0.688. The summed E-state index contributed by atoms with van der Waals surface area (Å²) in [7, 11) is 0. The van der Waals surface area contributed by atoms with Gasteiger partial charge in [0.25, 0.3) is 5.91 Å². The molecule has 0 heterocycles. The Labute approximate surface area is 110 Å². The van der Waals surface area contributed by atoms with Gasteiger partial charge in [-0.3, -0.25) is 4.79 Å². The molecule has 1 aliphatic carbocycles. The molecule has 0 saturated heterocycles. The molecule has 0 spiro atoms. The Morgan fingerprint density at radius 2 is 2.26 bits per heavy atom. The number of halogens is 2. The number of nitrogens with one attached hydrogen (secondary N) is 1. The molecule has 5 heteroatoms. The maximum absolute atomic E-state index is 13.5. The monoisotopic (exact) mass is 269 g/mol. The van der Waals surface area contributed by atoms with E-state index in [1.54, 1.807) is 0 Å². The zero-order valence-electron chi connectivity index (χ0n) is 10.7. The molecule has 0 radical (unpaired) electrons. The molecule has 1 fully saturated rings. The highest BCUT2D eigenvalue weighted by molar-refractivity contribution is 5.94. The van der Waals surface area contributed by atoms with Gasteiger partial charge in [-0.1, -0.05) is 13.3 Å². The van der Waals surface area contributed by atoms with Gasteiger partial charge in [-0.15, -0.1) is 0 Å². The first-order valence-electron chi connectivity index (χ1n) is 6.33. The van der Waals surface area contributed by atoms with Crippen LogP contribution >= 0.6 is 0 Å². The van der Waals surface area contributed by atoms with Gasteiger partial charge in [-0.2, -0.15) is 0 Å². The van der Waals surface area contributed by atoms with Crippen LogP contribution < -0.4 is 5.32 Å². The van der Waals surface area contributed by atoms with Crippen molar-refractivity contribution in [1.82, 2.24) is 5.32 Å². The molecule has 1 amide bonds. The van der Waals surface area contributed by atoms with Gasteiger partial charge < -0.3 is 10.4 Å². The molecule has 2 rings (SSSR count). The van der Waals surface area contributed by atoms with E-state index < -0.39 is 17.5 Å². The van der Waals surface area contributed by atoms with Crippen LogP contribution in [0.4, 0.5) is 8.78 Å². The summed E-state index contributed by atoms with van der Waals surface area (Å²) >= 11 is 0. The maximum Gasteiger partial charge on any atom is 0.254 e. The number of amides is 1. The first-order valence-corrected chi connectivity index (χ1v) is 6.33. The molecule has 3 nitrogen and oxygen atoms in total. The summed E-state index contributed by atoms with van der Waals surface area (Å²) in [5.74, 6) is -2.03. The second-order valence-corrected chi connectivity index (χ2v) is 5.35. The fraction of sp³-hybridized carbons (Fsp3) is 0.500. The molecular formula is C14H17F2NO2.